The van der Waals surface area contributed by atoms with Crippen LogP contribution in [0.15, 0.2) is 29.6 Å². The third-order valence-electron chi connectivity index (χ3n) is 3.12. The number of rotatable bonds is 1. The molecule has 1 aliphatic rings. The molecule has 1 atom stereocenters. The van der Waals surface area contributed by atoms with Crippen LogP contribution in [-0.2, 0) is 0 Å². The fraction of sp³-hybridized carbons (Fsp3) is 0.333. The van der Waals surface area contributed by atoms with Crippen LogP contribution in [0.2, 0.25) is 0 Å². The van der Waals surface area contributed by atoms with Crippen LogP contribution in [-0.4, -0.2) is 13.1 Å². The van der Waals surface area contributed by atoms with Crippen LogP contribution < -0.4 is 5.32 Å². The first-order valence-corrected chi connectivity index (χ1v) is 6.11. The van der Waals surface area contributed by atoms with Gasteiger partial charge in [-0.2, -0.15) is 0 Å². The van der Waals surface area contributed by atoms with Gasteiger partial charge in [-0.05, 0) is 22.4 Å². The zero-order valence-corrected chi connectivity index (χ0v) is 8.89. The molecule has 1 aliphatic heterocycles. The molecule has 14 heavy (non-hydrogen) atoms. The number of benzene rings is 1. The summed E-state index contributed by atoms with van der Waals surface area (Å²) in [5.74, 6) is 0.797. The predicted octanol–water partition coefficient (Wildman–Crippen LogP) is 1.95. The summed E-state index contributed by atoms with van der Waals surface area (Å²) in [5, 5.41) is 6.27. The lowest BCUT2D eigenvalue weighted by molar-refractivity contribution is -0.636. The van der Waals surface area contributed by atoms with Gasteiger partial charge < -0.3 is 5.32 Å². The Labute approximate surface area is 87.8 Å². The van der Waals surface area contributed by atoms with Crippen LogP contribution in [0.1, 0.15) is 17.9 Å². The van der Waals surface area contributed by atoms with Crippen LogP contribution in [0, 0.1) is 0 Å². The van der Waals surface area contributed by atoms with Crippen molar-refractivity contribution in [3.63, 3.8) is 0 Å². The average Bonchev–Trinajstić information content (AvgIpc) is 2.85. The first-order valence-electron chi connectivity index (χ1n) is 5.23. The second-order valence-electron chi connectivity index (χ2n) is 3.99. The Bertz CT molecular complexity index is 440. The maximum Gasteiger partial charge on any atom is 0.0827 e. The molecule has 1 fully saturated rings. The van der Waals surface area contributed by atoms with Crippen LogP contribution >= 0.6 is 11.3 Å². The lowest BCUT2D eigenvalue weighted by Gasteiger charge is -2.03. The van der Waals surface area contributed by atoms with E-state index in [0.29, 0.717) is 0 Å². The van der Waals surface area contributed by atoms with Gasteiger partial charge in [0.2, 0.25) is 0 Å². The van der Waals surface area contributed by atoms with E-state index >= 15 is 0 Å². The SMILES string of the molecule is c1ccc2c(C3CC[NH2+]C3)csc2c1. The van der Waals surface area contributed by atoms with Crippen molar-refractivity contribution < 1.29 is 5.32 Å². The molecular weight excluding hydrogens is 190 g/mol. The number of nitrogens with two attached hydrogens (primary N) is 1. The highest BCUT2D eigenvalue weighted by molar-refractivity contribution is 7.17. The van der Waals surface area contributed by atoms with Crippen molar-refractivity contribution in [1.29, 1.82) is 0 Å². The zero-order chi connectivity index (χ0) is 9.38. The van der Waals surface area contributed by atoms with E-state index in [-0.39, 0.29) is 0 Å². The van der Waals surface area contributed by atoms with E-state index in [4.69, 9.17) is 0 Å². The van der Waals surface area contributed by atoms with Gasteiger partial charge in [0.15, 0.2) is 0 Å². The van der Waals surface area contributed by atoms with Crippen LogP contribution in [0.4, 0.5) is 0 Å². The Balaban J connectivity index is 2.11. The van der Waals surface area contributed by atoms with Crippen LogP contribution in [0.5, 0.6) is 0 Å². The van der Waals surface area contributed by atoms with E-state index in [0.717, 1.165) is 5.92 Å². The highest BCUT2D eigenvalue weighted by atomic mass is 32.1. The van der Waals surface area contributed by atoms with Gasteiger partial charge in [0.1, 0.15) is 0 Å². The minimum Gasteiger partial charge on any atom is -0.346 e. The van der Waals surface area contributed by atoms with E-state index in [1.165, 1.54) is 29.6 Å². The van der Waals surface area contributed by atoms with E-state index in [1.807, 2.05) is 11.3 Å². The summed E-state index contributed by atoms with van der Waals surface area (Å²) in [5.41, 5.74) is 1.58. The summed E-state index contributed by atoms with van der Waals surface area (Å²) < 4.78 is 1.44. The lowest BCUT2D eigenvalue weighted by Crippen LogP contribution is -2.81. The summed E-state index contributed by atoms with van der Waals surface area (Å²) in [4.78, 5) is 0. The first-order chi connectivity index (χ1) is 6.95. The van der Waals surface area contributed by atoms with Gasteiger partial charge in [-0.1, -0.05) is 18.2 Å². The van der Waals surface area contributed by atoms with Crippen molar-refractivity contribution >= 4 is 21.4 Å². The van der Waals surface area contributed by atoms with Gasteiger partial charge in [0.05, 0.1) is 13.1 Å². The quantitative estimate of drug-likeness (QED) is 0.731. The average molecular weight is 204 g/mol. The molecule has 0 radical (unpaired) electrons. The molecule has 1 nitrogen and oxygen atoms in total. The van der Waals surface area contributed by atoms with Gasteiger partial charge in [0.25, 0.3) is 0 Å². The van der Waals surface area contributed by atoms with Crippen molar-refractivity contribution in [2.24, 2.45) is 0 Å². The summed E-state index contributed by atoms with van der Waals surface area (Å²) in [7, 11) is 0. The van der Waals surface area contributed by atoms with Crippen LogP contribution in [0.3, 0.4) is 0 Å². The fourth-order valence-electron chi connectivity index (χ4n) is 2.35. The molecule has 1 unspecified atom stereocenters. The fourth-order valence-corrected chi connectivity index (χ4v) is 3.40. The second-order valence-corrected chi connectivity index (χ2v) is 4.90. The summed E-state index contributed by atoms with van der Waals surface area (Å²) in [6, 6.07) is 8.77. The molecule has 2 heteroatoms. The minimum atomic E-state index is 0.797. The smallest absolute Gasteiger partial charge is 0.0827 e. The Morgan fingerprint density at radius 3 is 3.07 bits per heavy atom. The van der Waals surface area contributed by atoms with Crippen LogP contribution in [0.25, 0.3) is 10.1 Å². The molecule has 0 amide bonds. The third kappa shape index (κ3) is 1.26. The summed E-state index contributed by atoms with van der Waals surface area (Å²) in [6.07, 6.45) is 1.35. The van der Waals surface area contributed by atoms with E-state index in [1.54, 1.807) is 5.56 Å². The van der Waals surface area contributed by atoms with Gasteiger partial charge in [-0.3, -0.25) is 0 Å². The Morgan fingerprint density at radius 2 is 2.21 bits per heavy atom. The maximum absolute atomic E-state index is 2.43. The lowest BCUT2D eigenvalue weighted by atomic mass is 9.98. The maximum atomic E-state index is 2.43. The van der Waals surface area contributed by atoms with Gasteiger partial charge in [-0.15, -0.1) is 11.3 Å². The van der Waals surface area contributed by atoms with E-state index in [9.17, 15) is 0 Å². The molecule has 1 aromatic carbocycles. The Kier molecular flexibility index (Phi) is 2.03. The van der Waals surface area contributed by atoms with Crippen molar-refractivity contribution in [3.05, 3.63) is 35.2 Å². The van der Waals surface area contributed by atoms with Crippen molar-refractivity contribution in [2.75, 3.05) is 13.1 Å². The van der Waals surface area contributed by atoms with E-state index in [2.05, 4.69) is 35.0 Å². The molecule has 0 bridgehead atoms. The number of fused-ring (bicyclic) bond motifs is 1. The highest BCUT2D eigenvalue weighted by Crippen LogP contribution is 2.32. The standard InChI is InChI=1S/C12H13NS/c1-2-4-12-10(3-1)11(8-14-12)9-5-6-13-7-9/h1-4,8-9,13H,5-7H2/p+1. The molecule has 72 valence electrons. The molecule has 3 rings (SSSR count). The number of quaternary nitrogens is 1. The molecule has 0 aliphatic carbocycles. The van der Waals surface area contributed by atoms with Crippen molar-refractivity contribution in [3.8, 4) is 0 Å². The van der Waals surface area contributed by atoms with Crippen molar-refractivity contribution in [2.45, 2.75) is 12.3 Å². The predicted molar refractivity (Wildman–Crippen MR) is 60.8 cm³/mol. The normalized spacial score (nSPS) is 21.9. The topological polar surface area (TPSA) is 16.6 Å². The molecular formula is C12H14NS+. The van der Waals surface area contributed by atoms with Gasteiger partial charge >= 0.3 is 0 Å². The number of thiophene rings is 1. The molecule has 1 aromatic heterocycles. The largest absolute Gasteiger partial charge is 0.346 e. The molecule has 2 aromatic rings. The zero-order valence-electron chi connectivity index (χ0n) is 8.07. The molecule has 2 heterocycles. The van der Waals surface area contributed by atoms with Gasteiger partial charge in [-0.25, -0.2) is 0 Å². The molecule has 0 saturated carbocycles. The molecule has 1 saturated heterocycles. The van der Waals surface area contributed by atoms with E-state index < -0.39 is 0 Å². The van der Waals surface area contributed by atoms with Crippen molar-refractivity contribution in [1.82, 2.24) is 0 Å². The number of hydrogen-bond acceptors (Lipinski definition) is 1. The molecule has 2 N–H and O–H groups in total. The number of hydrogen-bond donors (Lipinski definition) is 1. The Morgan fingerprint density at radius 1 is 1.29 bits per heavy atom. The highest BCUT2D eigenvalue weighted by Gasteiger charge is 2.22. The third-order valence-corrected chi connectivity index (χ3v) is 4.10. The minimum absolute atomic E-state index is 0.797. The summed E-state index contributed by atoms with van der Waals surface area (Å²) >= 11 is 1.89. The van der Waals surface area contributed by atoms with Gasteiger partial charge in [0, 0.05) is 17.0 Å². The Hall–Kier alpha value is -0.860. The summed E-state index contributed by atoms with van der Waals surface area (Å²) in [6.45, 7) is 2.58. The molecule has 0 spiro atoms. The monoisotopic (exact) mass is 204 g/mol. The first kappa shape index (κ1) is 8.45. The second kappa shape index (κ2) is 3.37.